The fourth-order valence-electron chi connectivity index (χ4n) is 2.00. The number of halogens is 1. The topological polar surface area (TPSA) is 55.1 Å². The molecule has 0 amide bonds. The van der Waals surface area contributed by atoms with E-state index in [1.165, 1.54) is 11.3 Å². The fraction of sp³-hybridized carbons (Fsp3) is 0.294. The van der Waals surface area contributed by atoms with Gasteiger partial charge in [0.1, 0.15) is 11.1 Å². The normalized spacial score (nSPS) is 11.2. The van der Waals surface area contributed by atoms with Crippen molar-refractivity contribution in [1.29, 1.82) is 5.26 Å². The SMILES string of the molecule is CCOc1cc(/C=C(/C#N)c2nc(C)cs2)cc(Cl)c1OCC. The number of rotatable bonds is 6. The van der Waals surface area contributed by atoms with Crippen molar-refractivity contribution >= 4 is 34.6 Å². The van der Waals surface area contributed by atoms with Crippen LogP contribution < -0.4 is 9.47 Å². The first-order chi connectivity index (χ1) is 11.1. The third kappa shape index (κ3) is 4.25. The van der Waals surface area contributed by atoms with Gasteiger partial charge in [0, 0.05) is 11.1 Å². The van der Waals surface area contributed by atoms with Gasteiger partial charge in [0.25, 0.3) is 0 Å². The lowest BCUT2D eigenvalue weighted by atomic mass is 10.1. The monoisotopic (exact) mass is 348 g/mol. The fourth-order valence-corrected chi connectivity index (χ4v) is 3.04. The van der Waals surface area contributed by atoms with Gasteiger partial charge in [-0.05, 0) is 44.5 Å². The molecule has 0 saturated heterocycles. The van der Waals surface area contributed by atoms with Crippen LogP contribution in [0.25, 0.3) is 11.6 Å². The van der Waals surface area contributed by atoms with E-state index in [1.807, 2.05) is 32.2 Å². The summed E-state index contributed by atoms with van der Waals surface area (Å²) in [6.07, 6.45) is 1.75. The largest absolute Gasteiger partial charge is 0.490 e. The molecule has 0 aliphatic carbocycles. The van der Waals surface area contributed by atoms with Crippen molar-refractivity contribution in [2.24, 2.45) is 0 Å². The van der Waals surface area contributed by atoms with E-state index in [4.69, 9.17) is 21.1 Å². The van der Waals surface area contributed by atoms with Crippen molar-refractivity contribution in [2.45, 2.75) is 20.8 Å². The maximum atomic E-state index is 9.39. The van der Waals surface area contributed by atoms with Gasteiger partial charge in [-0.1, -0.05) is 11.6 Å². The predicted octanol–water partition coefficient (Wildman–Crippen LogP) is 4.97. The van der Waals surface area contributed by atoms with Gasteiger partial charge in [0.2, 0.25) is 0 Å². The molecule has 0 spiro atoms. The lowest BCUT2D eigenvalue weighted by Crippen LogP contribution is -1.99. The zero-order chi connectivity index (χ0) is 16.8. The Hall–Kier alpha value is -2.03. The molecule has 2 aromatic rings. The smallest absolute Gasteiger partial charge is 0.179 e. The summed E-state index contributed by atoms with van der Waals surface area (Å²) in [6, 6.07) is 5.76. The number of thiazole rings is 1. The number of nitrogens with zero attached hydrogens (tertiary/aromatic N) is 2. The zero-order valence-corrected chi connectivity index (χ0v) is 14.8. The van der Waals surface area contributed by atoms with Gasteiger partial charge < -0.3 is 9.47 Å². The van der Waals surface area contributed by atoms with Gasteiger partial charge in [-0.2, -0.15) is 5.26 Å². The van der Waals surface area contributed by atoms with Gasteiger partial charge in [0.05, 0.1) is 23.8 Å². The number of ether oxygens (including phenoxy) is 2. The maximum absolute atomic E-state index is 9.39. The first-order valence-electron chi connectivity index (χ1n) is 7.22. The van der Waals surface area contributed by atoms with Crippen LogP contribution in [-0.4, -0.2) is 18.2 Å². The number of hydrogen-bond donors (Lipinski definition) is 0. The van der Waals surface area contributed by atoms with Crippen LogP contribution in [0.5, 0.6) is 11.5 Å². The molecule has 4 nitrogen and oxygen atoms in total. The van der Waals surface area contributed by atoms with Crippen molar-refractivity contribution in [3.05, 3.63) is 38.8 Å². The third-order valence-electron chi connectivity index (χ3n) is 2.90. The number of hydrogen-bond acceptors (Lipinski definition) is 5. The molecule has 2 rings (SSSR count). The van der Waals surface area contributed by atoms with E-state index in [-0.39, 0.29) is 0 Å². The second kappa shape index (κ2) is 8.00. The highest BCUT2D eigenvalue weighted by atomic mass is 35.5. The second-order valence-electron chi connectivity index (χ2n) is 4.66. The highest BCUT2D eigenvalue weighted by Gasteiger charge is 2.13. The molecule has 0 saturated carbocycles. The number of aromatic nitrogens is 1. The maximum Gasteiger partial charge on any atom is 0.179 e. The standard InChI is InChI=1S/C17H17ClN2O2S/c1-4-21-15-8-12(7-14(18)16(15)22-5-2)6-13(9-19)17-20-11(3)10-23-17/h6-8,10H,4-5H2,1-3H3/b13-6-. The molecule has 6 heteroatoms. The van der Waals surface area contributed by atoms with Gasteiger partial charge in [-0.3, -0.25) is 0 Å². The zero-order valence-electron chi connectivity index (χ0n) is 13.2. The van der Waals surface area contributed by atoms with E-state index in [0.717, 1.165) is 11.3 Å². The quantitative estimate of drug-likeness (QED) is 0.692. The van der Waals surface area contributed by atoms with Crippen LogP contribution in [0.15, 0.2) is 17.5 Å². The van der Waals surface area contributed by atoms with Crippen molar-refractivity contribution in [3.63, 3.8) is 0 Å². The van der Waals surface area contributed by atoms with Crippen molar-refractivity contribution in [2.75, 3.05) is 13.2 Å². The summed E-state index contributed by atoms with van der Waals surface area (Å²) >= 11 is 7.74. The van der Waals surface area contributed by atoms with Crippen LogP contribution in [0.4, 0.5) is 0 Å². The Morgan fingerprint density at radius 3 is 2.65 bits per heavy atom. The summed E-state index contributed by atoms with van der Waals surface area (Å²) in [4.78, 5) is 4.34. The minimum atomic E-state index is 0.455. The molecule has 0 atom stereocenters. The summed E-state index contributed by atoms with van der Waals surface area (Å²) in [5, 5.41) is 12.4. The molecule has 0 aliphatic rings. The second-order valence-corrected chi connectivity index (χ2v) is 5.93. The Morgan fingerprint density at radius 2 is 2.09 bits per heavy atom. The highest BCUT2D eigenvalue weighted by Crippen LogP contribution is 2.37. The van der Waals surface area contributed by atoms with Crippen molar-refractivity contribution < 1.29 is 9.47 Å². The molecular weight excluding hydrogens is 332 g/mol. The van der Waals surface area contributed by atoms with Crippen LogP contribution in [0.1, 0.15) is 30.1 Å². The van der Waals surface area contributed by atoms with E-state index in [1.54, 1.807) is 12.1 Å². The molecule has 0 radical (unpaired) electrons. The summed E-state index contributed by atoms with van der Waals surface area (Å²) in [6.45, 7) is 6.68. The summed E-state index contributed by atoms with van der Waals surface area (Å²) in [5.74, 6) is 1.09. The van der Waals surface area contributed by atoms with Gasteiger partial charge in [-0.25, -0.2) is 4.98 Å². The molecule has 1 aromatic heterocycles. The molecule has 0 N–H and O–H groups in total. The van der Waals surface area contributed by atoms with Crippen LogP contribution in [0, 0.1) is 18.3 Å². The molecule has 23 heavy (non-hydrogen) atoms. The molecule has 0 aliphatic heterocycles. The Morgan fingerprint density at radius 1 is 1.35 bits per heavy atom. The van der Waals surface area contributed by atoms with E-state index in [0.29, 0.717) is 40.3 Å². The Labute approximate surface area is 145 Å². The summed E-state index contributed by atoms with van der Waals surface area (Å²) < 4.78 is 11.1. The average Bonchev–Trinajstić information content (AvgIpc) is 2.95. The lowest BCUT2D eigenvalue weighted by Gasteiger charge is -2.13. The molecule has 0 bridgehead atoms. The van der Waals surface area contributed by atoms with E-state index in [9.17, 15) is 5.26 Å². The number of allylic oxidation sites excluding steroid dienone is 1. The molecule has 120 valence electrons. The average molecular weight is 349 g/mol. The van der Waals surface area contributed by atoms with Gasteiger partial charge in [0.15, 0.2) is 11.5 Å². The summed E-state index contributed by atoms with van der Waals surface area (Å²) in [7, 11) is 0. The minimum absolute atomic E-state index is 0.455. The van der Waals surface area contributed by atoms with Crippen LogP contribution in [-0.2, 0) is 0 Å². The third-order valence-corrected chi connectivity index (χ3v) is 4.18. The van der Waals surface area contributed by atoms with E-state index < -0.39 is 0 Å². The molecule has 1 heterocycles. The first kappa shape index (κ1) is 17.3. The van der Waals surface area contributed by atoms with Crippen LogP contribution in [0.2, 0.25) is 5.02 Å². The highest BCUT2D eigenvalue weighted by molar-refractivity contribution is 7.11. The van der Waals surface area contributed by atoms with E-state index >= 15 is 0 Å². The van der Waals surface area contributed by atoms with Gasteiger partial charge >= 0.3 is 0 Å². The first-order valence-corrected chi connectivity index (χ1v) is 8.48. The predicted molar refractivity (Wildman–Crippen MR) is 94.1 cm³/mol. The van der Waals surface area contributed by atoms with Gasteiger partial charge in [-0.15, -0.1) is 11.3 Å². The van der Waals surface area contributed by atoms with Crippen molar-refractivity contribution in [1.82, 2.24) is 4.98 Å². The molecular formula is C17H17ClN2O2S. The van der Waals surface area contributed by atoms with E-state index in [2.05, 4.69) is 11.1 Å². The molecule has 0 unspecified atom stereocenters. The number of aryl methyl sites for hydroxylation is 1. The summed E-state index contributed by atoms with van der Waals surface area (Å²) in [5.41, 5.74) is 2.16. The molecule has 1 aromatic carbocycles. The Balaban J connectivity index is 2.46. The minimum Gasteiger partial charge on any atom is -0.490 e. The van der Waals surface area contributed by atoms with Crippen LogP contribution in [0.3, 0.4) is 0 Å². The van der Waals surface area contributed by atoms with Crippen molar-refractivity contribution in [3.8, 4) is 17.6 Å². The Bertz CT molecular complexity index is 762. The van der Waals surface area contributed by atoms with Crippen LogP contribution >= 0.6 is 22.9 Å². The number of benzene rings is 1. The Kier molecular flexibility index (Phi) is 6.03. The molecule has 0 fully saturated rings. The lowest BCUT2D eigenvalue weighted by molar-refractivity contribution is 0.288. The number of nitriles is 1.